The Bertz CT molecular complexity index is 1990. The summed E-state index contributed by atoms with van der Waals surface area (Å²) in [7, 11) is 0. The Morgan fingerprint density at radius 2 is 1.67 bits per heavy atom. The summed E-state index contributed by atoms with van der Waals surface area (Å²) < 4.78 is 7.90. The van der Waals surface area contributed by atoms with Crippen LogP contribution in [0.3, 0.4) is 0 Å². The van der Waals surface area contributed by atoms with Gasteiger partial charge in [-0.15, -0.1) is 0 Å². The van der Waals surface area contributed by atoms with Gasteiger partial charge in [-0.2, -0.15) is 4.98 Å². The van der Waals surface area contributed by atoms with Gasteiger partial charge < -0.3 is 19.5 Å². The van der Waals surface area contributed by atoms with E-state index < -0.39 is 11.5 Å². The van der Waals surface area contributed by atoms with Crippen molar-refractivity contribution in [2.45, 2.75) is 75.8 Å². The van der Waals surface area contributed by atoms with Crippen LogP contribution in [0.15, 0.2) is 77.3 Å². The topological polar surface area (TPSA) is 110 Å². The Morgan fingerprint density at radius 1 is 0.891 bits per heavy atom. The van der Waals surface area contributed by atoms with E-state index in [9.17, 15) is 14.7 Å². The number of aromatic nitrogens is 3. The number of rotatable bonds is 6. The first-order valence-electron chi connectivity index (χ1n) is 16.4. The van der Waals surface area contributed by atoms with E-state index in [1.807, 2.05) is 18.2 Å². The summed E-state index contributed by atoms with van der Waals surface area (Å²) in [5.74, 6) is 0.240. The molecule has 0 saturated heterocycles. The fourth-order valence-electron chi connectivity index (χ4n) is 7.71. The second kappa shape index (κ2) is 11.4. The van der Waals surface area contributed by atoms with E-state index in [0.717, 1.165) is 30.3 Å². The molecule has 0 spiro atoms. The molecule has 8 heteroatoms. The lowest BCUT2D eigenvalue weighted by molar-refractivity contribution is 0.0696. The minimum Gasteiger partial charge on any atom is -0.478 e. The lowest BCUT2D eigenvalue weighted by Crippen LogP contribution is -2.44. The smallest absolute Gasteiger partial charge is 0.335 e. The van der Waals surface area contributed by atoms with Gasteiger partial charge in [0, 0.05) is 39.8 Å². The van der Waals surface area contributed by atoms with Gasteiger partial charge in [-0.05, 0) is 85.2 Å². The number of amides is 1. The maximum atomic E-state index is 13.9. The van der Waals surface area contributed by atoms with Crippen LogP contribution in [0.4, 0.5) is 0 Å². The van der Waals surface area contributed by atoms with Gasteiger partial charge in [-0.25, -0.2) is 4.79 Å². The van der Waals surface area contributed by atoms with Crippen molar-refractivity contribution in [3.05, 3.63) is 101 Å². The SMILES string of the molecule is O=C(O)c1ccc(-c2nc(C3(NC(=O)c4ccc5cc6n(c5c4)CC=Cc4cc(C5CCCCC5)ccc4-6)CCCC3)no2)cc1. The molecule has 2 saturated carbocycles. The average Bonchev–Trinajstić information content (AvgIpc) is 3.83. The Kier molecular flexibility index (Phi) is 7.08. The monoisotopic (exact) mass is 612 g/mol. The summed E-state index contributed by atoms with van der Waals surface area (Å²) in [5.41, 5.74) is 6.82. The minimum atomic E-state index is -0.996. The molecule has 1 amide bonds. The van der Waals surface area contributed by atoms with Crippen molar-refractivity contribution in [2.75, 3.05) is 0 Å². The fourth-order valence-corrected chi connectivity index (χ4v) is 7.71. The van der Waals surface area contributed by atoms with Crippen molar-refractivity contribution in [1.82, 2.24) is 20.0 Å². The number of hydrogen-bond donors (Lipinski definition) is 2. The first-order chi connectivity index (χ1) is 22.5. The van der Waals surface area contributed by atoms with Gasteiger partial charge in [0.15, 0.2) is 5.82 Å². The minimum absolute atomic E-state index is 0.168. The highest BCUT2D eigenvalue weighted by Crippen LogP contribution is 2.40. The zero-order valence-corrected chi connectivity index (χ0v) is 25.7. The average molecular weight is 613 g/mol. The Morgan fingerprint density at radius 3 is 2.46 bits per heavy atom. The summed E-state index contributed by atoms with van der Waals surface area (Å²) in [6.07, 6.45) is 14.3. The molecule has 1 aliphatic heterocycles. The molecule has 2 N–H and O–H groups in total. The second-order valence-electron chi connectivity index (χ2n) is 13.0. The number of carbonyl (C=O) groups is 2. The highest BCUT2D eigenvalue weighted by molar-refractivity contribution is 6.00. The van der Waals surface area contributed by atoms with Gasteiger partial charge in [0.2, 0.25) is 0 Å². The molecule has 3 aromatic carbocycles. The maximum absolute atomic E-state index is 13.9. The molecule has 232 valence electrons. The molecule has 5 aromatic rings. The molecular formula is C38H36N4O4. The van der Waals surface area contributed by atoms with Crippen LogP contribution in [0.2, 0.25) is 0 Å². The van der Waals surface area contributed by atoms with Gasteiger partial charge in [0.25, 0.3) is 11.8 Å². The number of carboxylic acid groups (broad SMARTS) is 1. The summed E-state index contributed by atoms with van der Waals surface area (Å²) in [5, 5.41) is 17.9. The molecule has 2 aromatic heterocycles. The van der Waals surface area contributed by atoms with Crippen molar-refractivity contribution in [1.29, 1.82) is 0 Å². The number of benzene rings is 3. The second-order valence-corrected chi connectivity index (χ2v) is 13.0. The molecule has 8 nitrogen and oxygen atoms in total. The molecule has 0 bridgehead atoms. The number of hydrogen-bond acceptors (Lipinski definition) is 5. The number of nitrogens with one attached hydrogen (secondary N) is 1. The van der Waals surface area contributed by atoms with Crippen molar-refractivity contribution >= 4 is 28.9 Å². The number of aromatic carboxylic acids is 1. The van der Waals surface area contributed by atoms with Crippen LogP contribution in [0.1, 0.15) is 101 Å². The third kappa shape index (κ3) is 5.02. The number of fused-ring (bicyclic) bond motifs is 5. The standard InChI is InChI=1S/C38H36N4O4/c43-34(40-38(18-4-5-19-38)37-39-35(46-41-37)25-10-12-26(13-11-25)36(44)45)30-15-14-29-22-33-31-17-16-27(24-7-2-1-3-8-24)21-28(31)9-6-20-42(33)32(29)23-30/h6,9-17,21-24H,1-5,7-8,18-20H2,(H,40,43)(H,44,45). The highest BCUT2D eigenvalue weighted by Gasteiger charge is 2.42. The molecule has 2 fully saturated rings. The lowest BCUT2D eigenvalue weighted by Gasteiger charge is -2.26. The fraction of sp³-hybridized carbons (Fsp3) is 0.316. The highest BCUT2D eigenvalue weighted by atomic mass is 16.5. The molecular weight excluding hydrogens is 576 g/mol. The number of nitrogens with zero attached hydrogens (tertiary/aromatic N) is 3. The van der Waals surface area contributed by atoms with E-state index in [0.29, 0.717) is 41.6 Å². The zero-order chi connectivity index (χ0) is 31.3. The summed E-state index contributed by atoms with van der Waals surface area (Å²) in [6, 6.07) is 21.5. The maximum Gasteiger partial charge on any atom is 0.335 e. The van der Waals surface area contributed by atoms with Crippen LogP contribution in [0.25, 0.3) is 39.7 Å². The normalized spacial score (nSPS) is 17.4. The van der Waals surface area contributed by atoms with Gasteiger partial charge in [-0.3, -0.25) is 4.79 Å². The predicted octanol–water partition coefficient (Wildman–Crippen LogP) is 8.33. The number of carbonyl (C=O) groups excluding carboxylic acids is 1. The van der Waals surface area contributed by atoms with Crippen LogP contribution >= 0.6 is 0 Å². The van der Waals surface area contributed by atoms with Gasteiger partial charge in [-0.1, -0.05) is 73.7 Å². The molecule has 3 aliphatic rings. The van der Waals surface area contributed by atoms with Gasteiger partial charge >= 0.3 is 5.97 Å². The van der Waals surface area contributed by atoms with Crippen LogP contribution < -0.4 is 5.32 Å². The van der Waals surface area contributed by atoms with Crippen molar-refractivity contribution < 1.29 is 19.2 Å². The molecule has 0 radical (unpaired) electrons. The summed E-state index contributed by atoms with van der Waals surface area (Å²) in [4.78, 5) is 29.8. The Labute approximate surface area is 267 Å². The number of allylic oxidation sites excluding steroid dienone is 1. The molecule has 46 heavy (non-hydrogen) atoms. The van der Waals surface area contributed by atoms with Crippen LogP contribution in [-0.2, 0) is 12.1 Å². The van der Waals surface area contributed by atoms with Crippen LogP contribution in [-0.4, -0.2) is 31.7 Å². The molecule has 0 unspecified atom stereocenters. The molecule has 2 aliphatic carbocycles. The quantitative estimate of drug-likeness (QED) is 0.199. The van der Waals surface area contributed by atoms with Crippen molar-refractivity contribution in [3.8, 4) is 22.7 Å². The molecule has 0 atom stereocenters. The van der Waals surface area contributed by atoms with E-state index in [-0.39, 0.29) is 11.5 Å². The van der Waals surface area contributed by atoms with E-state index >= 15 is 0 Å². The molecule has 8 rings (SSSR count). The number of carboxylic acids is 1. The third-order valence-electron chi connectivity index (χ3n) is 10.2. The lowest BCUT2D eigenvalue weighted by atomic mass is 9.83. The first-order valence-corrected chi connectivity index (χ1v) is 16.4. The summed E-state index contributed by atoms with van der Waals surface area (Å²) >= 11 is 0. The van der Waals surface area contributed by atoms with E-state index in [1.54, 1.807) is 12.1 Å². The zero-order valence-electron chi connectivity index (χ0n) is 25.7. The Hall–Kier alpha value is -4.98. The molecule has 3 heterocycles. The van der Waals surface area contributed by atoms with Gasteiger partial charge in [0.1, 0.15) is 5.54 Å². The van der Waals surface area contributed by atoms with Gasteiger partial charge in [0.05, 0.1) is 5.56 Å². The van der Waals surface area contributed by atoms with E-state index in [4.69, 9.17) is 4.52 Å². The van der Waals surface area contributed by atoms with Crippen molar-refractivity contribution in [3.63, 3.8) is 0 Å². The predicted molar refractivity (Wildman–Crippen MR) is 177 cm³/mol. The first kappa shape index (κ1) is 28.5. The van der Waals surface area contributed by atoms with Crippen molar-refractivity contribution in [2.24, 2.45) is 0 Å². The van der Waals surface area contributed by atoms with Crippen LogP contribution in [0, 0.1) is 0 Å². The third-order valence-corrected chi connectivity index (χ3v) is 10.2. The van der Waals surface area contributed by atoms with E-state index in [1.165, 1.54) is 66.6 Å². The van der Waals surface area contributed by atoms with E-state index in [2.05, 4.69) is 56.4 Å². The van der Waals surface area contributed by atoms with Crippen LogP contribution in [0.5, 0.6) is 0 Å². The largest absolute Gasteiger partial charge is 0.478 e. The summed E-state index contributed by atoms with van der Waals surface area (Å²) in [6.45, 7) is 0.736. The Balaban J connectivity index is 1.07.